The maximum Gasteiger partial charge on any atom is 0.368 e. The summed E-state index contributed by atoms with van der Waals surface area (Å²) in [5, 5.41) is 16.0. The van der Waals surface area contributed by atoms with Gasteiger partial charge in [0.2, 0.25) is 5.41 Å². The van der Waals surface area contributed by atoms with Gasteiger partial charge in [0.25, 0.3) is 0 Å². The Kier molecular flexibility index (Phi) is 3.87. The number of benzene rings is 9. The summed E-state index contributed by atoms with van der Waals surface area (Å²) in [5.41, 5.74) is -20.4. The summed E-state index contributed by atoms with van der Waals surface area (Å²) in [5.74, 6) is -4.71. The van der Waals surface area contributed by atoms with Gasteiger partial charge in [-0.2, -0.15) is 10.5 Å². The fraction of sp³-hybridized carbons (Fsp3) is 0.0182. The molecule has 0 fully saturated rings. The van der Waals surface area contributed by atoms with Gasteiger partial charge in [0.15, 0.2) is 5.58 Å². The average molecular weight is 867 g/mol. The first kappa shape index (κ1) is 17.3. The molecule has 0 amide bonds. The highest BCUT2D eigenvalue weighted by Gasteiger charge is 2.59. The lowest BCUT2D eigenvalue weighted by atomic mass is 9.78. The molecule has 306 valence electrons. The van der Waals surface area contributed by atoms with Crippen molar-refractivity contribution in [2.75, 3.05) is 4.90 Å². The topological polar surface area (TPSA) is 123 Å². The number of para-hydroxylation sites is 2. The second-order valence-electron chi connectivity index (χ2n) is 13.5. The molecule has 1 aliphatic carbocycles. The van der Waals surface area contributed by atoms with Crippen LogP contribution < -0.4 is 4.90 Å². The Hall–Kier alpha value is -8.50. The molecule has 0 unspecified atom stereocenters. The van der Waals surface area contributed by atoms with Gasteiger partial charge >= 0.3 is 11.9 Å². The highest BCUT2D eigenvalue weighted by molar-refractivity contribution is 6.25. The maximum absolute atomic E-state index is 14.5. The molecular formula is C55H33NO8. The van der Waals surface area contributed by atoms with Crippen molar-refractivity contribution in [3.8, 4) is 33.4 Å². The number of fused-ring (bicyclic) bond motifs is 10. The van der Waals surface area contributed by atoms with Gasteiger partial charge < -0.3 is 13.7 Å². The highest BCUT2D eigenvalue weighted by atomic mass is 17.1. The second-order valence-corrected chi connectivity index (χ2v) is 13.5. The molecule has 9 nitrogen and oxygen atoms in total. The summed E-state index contributed by atoms with van der Waals surface area (Å²) >= 11 is 0. The molecule has 0 saturated carbocycles. The third kappa shape index (κ3) is 5.32. The van der Waals surface area contributed by atoms with E-state index in [4.69, 9.17) is 30.8 Å². The first-order chi connectivity index (χ1) is 44.4. The first-order valence-corrected chi connectivity index (χ1v) is 18.2. The van der Waals surface area contributed by atoms with Gasteiger partial charge in [0, 0.05) is 38.5 Å². The molecule has 0 atom stereocenters. The zero-order valence-corrected chi connectivity index (χ0v) is 31.3. The SMILES string of the molecule is [2H]c1c([2H])c([2H])c(-c2c([2H])c([2H])c(N(c3c([2H])c([2H])c4c(c3[2H])C(C(=O)OO)(C(=O)OO)c3c([2H])c([2H])c([2H])c([2H])c3-4)c3c([2H])c([2H])c([2H])c4c3oc3c(-c5c([2H])c([2H])c6c([2H])c([2H])c([2H])c([2H])c6c5[2H])c5c(oc6c([2H])c([2H])c([2H])c([2H])c65)c([2H])c34)c([2H])c2[2H])c([2H])c1[2H]. The predicted molar refractivity (Wildman–Crippen MR) is 248 cm³/mol. The highest BCUT2D eigenvalue weighted by Crippen LogP contribution is 2.54. The third-order valence-electron chi connectivity index (χ3n) is 10.3. The normalized spacial score (nSPS) is 19.6. The molecule has 64 heavy (non-hydrogen) atoms. The molecule has 2 aromatic heterocycles. The van der Waals surface area contributed by atoms with Crippen LogP contribution in [0, 0.1) is 0 Å². The number of nitrogens with zero attached hydrogens (tertiary/aromatic N) is 1. The fourth-order valence-electron chi connectivity index (χ4n) is 7.66. The van der Waals surface area contributed by atoms with Crippen molar-refractivity contribution in [1.82, 2.24) is 0 Å². The van der Waals surface area contributed by atoms with Gasteiger partial charge in [-0.15, -0.1) is 0 Å². The van der Waals surface area contributed by atoms with Crippen molar-refractivity contribution >= 4 is 83.7 Å². The van der Waals surface area contributed by atoms with Crippen LogP contribution in [0.3, 0.4) is 0 Å². The summed E-state index contributed by atoms with van der Waals surface area (Å²) < 4.78 is 296. The van der Waals surface area contributed by atoms with Crippen molar-refractivity contribution in [1.29, 1.82) is 0 Å². The summed E-state index contributed by atoms with van der Waals surface area (Å²) in [4.78, 5) is 37.2. The van der Waals surface area contributed by atoms with E-state index in [1.807, 2.05) is 0 Å². The van der Waals surface area contributed by atoms with Gasteiger partial charge in [0.05, 0.1) is 48.2 Å². The minimum Gasteiger partial charge on any atom is -0.456 e. The Labute approximate surface area is 407 Å². The Morgan fingerprint density at radius 1 is 0.500 bits per heavy atom. The van der Waals surface area contributed by atoms with Crippen LogP contribution in [0.2, 0.25) is 0 Å². The number of furan rings is 2. The summed E-state index contributed by atoms with van der Waals surface area (Å²) in [6.07, 6.45) is 0. The smallest absolute Gasteiger partial charge is 0.368 e. The van der Waals surface area contributed by atoms with Crippen LogP contribution in [0.15, 0.2) is 196 Å². The van der Waals surface area contributed by atoms with E-state index in [-0.39, 0.29) is 4.90 Å². The van der Waals surface area contributed by atoms with E-state index < -0.39 is 321 Å². The van der Waals surface area contributed by atoms with Gasteiger partial charge in [-0.25, -0.2) is 9.59 Å². The standard InChI is InChI=1S/C55H33NO8/c57-53(63-59)55(54(58)64-60)44-18-8-6-15-39(44)40-28-27-38(30-45(40)55)56(37-25-23-34(24-26-37)32-11-2-1-3-12-32)46-19-10-17-41-43-31-48-50(42-16-7-9-20-47(42)61-48)49(52(43)62-51(41)46)36-22-21-33-13-4-5-14-35(33)29-36/h1-31,59-60H/i1D,2D,3D,4D,5D,6D,7D,8D,9D,10D,11D,12D,13D,14D,15D,16D,17D,18D,19D,20D,21D,22D,23D,24D,25D,26D,27D,28D,29D,30D,31D. The largest absolute Gasteiger partial charge is 0.456 e. The molecule has 0 bridgehead atoms. The summed E-state index contributed by atoms with van der Waals surface area (Å²) in [7, 11) is 0. The van der Waals surface area contributed by atoms with Gasteiger partial charge in [0.1, 0.15) is 16.7 Å². The molecule has 11 aromatic rings. The van der Waals surface area contributed by atoms with Crippen LogP contribution in [0.25, 0.3) is 88.0 Å². The van der Waals surface area contributed by atoms with Crippen molar-refractivity contribution in [3.05, 3.63) is 198 Å². The molecule has 9 heteroatoms. The van der Waals surface area contributed by atoms with E-state index in [0.29, 0.717) is 0 Å². The van der Waals surface area contributed by atoms with Crippen molar-refractivity contribution in [2.45, 2.75) is 5.41 Å². The number of hydrogen-bond acceptors (Lipinski definition) is 9. The van der Waals surface area contributed by atoms with Crippen LogP contribution in [-0.2, 0) is 24.8 Å². The Bertz CT molecular complexity index is 5480. The Morgan fingerprint density at radius 2 is 1.16 bits per heavy atom. The van der Waals surface area contributed by atoms with E-state index in [1.54, 1.807) is 0 Å². The minimum absolute atomic E-state index is 0.163. The molecule has 2 heterocycles. The van der Waals surface area contributed by atoms with E-state index in [9.17, 15) is 40.7 Å². The van der Waals surface area contributed by atoms with Crippen LogP contribution in [0.4, 0.5) is 17.1 Å². The van der Waals surface area contributed by atoms with Gasteiger partial charge in [-0.05, 0) is 98.1 Å². The molecule has 0 saturated heterocycles. The molecule has 0 radical (unpaired) electrons. The molecule has 2 N–H and O–H groups in total. The quantitative estimate of drug-likeness (QED) is 0.0915. The maximum atomic E-state index is 14.5. The van der Waals surface area contributed by atoms with Crippen LogP contribution in [0.5, 0.6) is 0 Å². The monoisotopic (exact) mass is 866 g/mol. The zero-order valence-electron chi connectivity index (χ0n) is 62.3. The Balaban J connectivity index is 1.37. The lowest BCUT2D eigenvalue weighted by Crippen LogP contribution is -2.45. The van der Waals surface area contributed by atoms with Crippen molar-refractivity contribution in [2.24, 2.45) is 0 Å². The minimum atomic E-state index is -3.93. The van der Waals surface area contributed by atoms with Gasteiger partial charge in [-0.3, -0.25) is 9.78 Å². The third-order valence-corrected chi connectivity index (χ3v) is 10.3. The molecule has 12 rings (SSSR count). The number of carbonyl (C=O) groups is 2. The first-order valence-electron chi connectivity index (χ1n) is 33.7. The molecule has 0 spiro atoms. The molecule has 9 aromatic carbocycles. The van der Waals surface area contributed by atoms with Gasteiger partial charge in [-0.1, -0.05) is 139 Å². The Morgan fingerprint density at radius 3 is 1.97 bits per heavy atom. The fourth-order valence-corrected chi connectivity index (χ4v) is 7.66. The van der Waals surface area contributed by atoms with Crippen LogP contribution in [0.1, 0.15) is 53.6 Å². The van der Waals surface area contributed by atoms with Crippen LogP contribution in [-0.4, -0.2) is 22.5 Å². The average Bonchev–Trinajstić information content (AvgIpc) is 1.55. The number of hydrogen-bond donors (Lipinski definition) is 2. The zero-order chi connectivity index (χ0) is 70.1. The lowest BCUT2D eigenvalue weighted by molar-refractivity contribution is -0.255. The summed E-state index contributed by atoms with van der Waals surface area (Å²) in [6, 6.07) is -35.9. The molecule has 0 aliphatic heterocycles. The number of anilines is 3. The van der Waals surface area contributed by atoms with Crippen LogP contribution >= 0.6 is 0 Å². The summed E-state index contributed by atoms with van der Waals surface area (Å²) in [6.45, 7) is 0. The van der Waals surface area contributed by atoms with Crippen molar-refractivity contribution in [3.63, 3.8) is 0 Å². The lowest BCUT2D eigenvalue weighted by Gasteiger charge is -2.28. The second kappa shape index (κ2) is 14.3. The number of rotatable bonds is 7. The van der Waals surface area contributed by atoms with E-state index in [2.05, 4.69) is 9.78 Å². The van der Waals surface area contributed by atoms with E-state index in [0.717, 1.165) is 0 Å². The van der Waals surface area contributed by atoms with E-state index in [1.165, 1.54) is 0 Å². The number of carbonyl (C=O) groups excluding carboxylic acids is 2. The molecule has 1 aliphatic rings. The molecular weight excluding hydrogens is 803 g/mol. The van der Waals surface area contributed by atoms with Crippen molar-refractivity contribution < 1.29 is 81.2 Å². The predicted octanol–water partition coefficient (Wildman–Crippen LogP) is 13.7. The van der Waals surface area contributed by atoms with E-state index >= 15 is 0 Å².